The van der Waals surface area contributed by atoms with E-state index < -0.39 is 0 Å². The molecule has 1 heterocycles. The molecule has 17 heavy (non-hydrogen) atoms. The quantitative estimate of drug-likeness (QED) is 0.798. The fraction of sp³-hybridized carbons (Fsp3) is 0.929. The zero-order valence-electron chi connectivity index (χ0n) is 11.0. The largest absolute Gasteiger partial charge is 0.302 e. The second kappa shape index (κ2) is 5.84. The van der Waals surface area contributed by atoms with Gasteiger partial charge in [0.15, 0.2) is 0 Å². The van der Waals surface area contributed by atoms with Gasteiger partial charge in [-0.05, 0) is 58.7 Å². The summed E-state index contributed by atoms with van der Waals surface area (Å²) in [5.41, 5.74) is -0.234. The molecular formula is C14H25N3. The Hall–Kier alpha value is -0.590. The number of rotatable bonds is 2. The van der Waals surface area contributed by atoms with Gasteiger partial charge in [0.25, 0.3) is 0 Å². The second-order valence-corrected chi connectivity index (χ2v) is 5.63. The molecule has 96 valence electrons. The molecule has 2 aliphatic rings. The summed E-state index contributed by atoms with van der Waals surface area (Å²) in [4.78, 5) is 2.68. The lowest BCUT2D eigenvalue weighted by atomic mass is 9.80. The van der Waals surface area contributed by atoms with Gasteiger partial charge in [-0.3, -0.25) is 0 Å². The fourth-order valence-electron chi connectivity index (χ4n) is 3.34. The Bertz CT molecular complexity index is 266. The molecule has 1 N–H and O–H groups in total. The van der Waals surface area contributed by atoms with Crippen LogP contribution in [0.4, 0.5) is 0 Å². The Kier molecular flexibility index (Phi) is 4.42. The fourth-order valence-corrected chi connectivity index (χ4v) is 3.34. The number of likely N-dealkylation sites (tertiary alicyclic amines) is 1. The first kappa shape index (κ1) is 12.9. The van der Waals surface area contributed by atoms with Gasteiger partial charge in [-0.1, -0.05) is 12.8 Å². The van der Waals surface area contributed by atoms with Crippen molar-refractivity contribution in [1.29, 1.82) is 5.26 Å². The van der Waals surface area contributed by atoms with E-state index in [0.717, 1.165) is 18.9 Å². The molecular weight excluding hydrogens is 210 g/mol. The summed E-state index contributed by atoms with van der Waals surface area (Å²) in [5, 5.41) is 12.5. The highest BCUT2D eigenvalue weighted by atomic mass is 15.2. The predicted molar refractivity (Wildman–Crippen MR) is 69.7 cm³/mol. The maximum Gasteiger partial charge on any atom is 0.106 e. The highest BCUT2D eigenvalue weighted by Gasteiger charge is 2.35. The maximum atomic E-state index is 9.26. The third-order valence-corrected chi connectivity index (χ3v) is 4.66. The smallest absolute Gasteiger partial charge is 0.106 e. The van der Waals surface area contributed by atoms with Crippen LogP contribution in [0.25, 0.3) is 0 Å². The van der Waals surface area contributed by atoms with E-state index in [0.29, 0.717) is 0 Å². The van der Waals surface area contributed by atoms with Crippen molar-refractivity contribution in [3.05, 3.63) is 0 Å². The Morgan fingerprint density at radius 2 is 1.71 bits per heavy atom. The number of nitrogens with one attached hydrogen (secondary N) is 1. The molecule has 1 saturated heterocycles. The maximum absolute atomic E-state index is 9.26. The minimum Gasteiger partial charge on any atom is -0.302 e. The van der Waals surface area contributed by atoms with E-state index in [1.54, 1.807) is 0 Å². The molecule has 2 fully saturated rings. The van der Waals surface area contributed by atoms with Crippen LogP contribution in [-0.4, -0.2) is 36.6 Å². The van der Waals surface area contributed by atoms with Crippen molar-refractivity contribution < 1.29 is 0 Å². The standard InChI is InChI=1S/C14H25N3/c1-16-14(12-15)8-6-13(7-9-14)17-10-4-2-3-5-11-17/h13,16H,2-11H2,1H3. The first-order valence-electron chi connectivity index (χ1n) is 7.14. The number of hydrogen-bond acceptors (Lipinski definition) is 3. The topological polar surface area (TPSA) is 39.1 Å². The number of nitrogens with zero attached hydrogens (tertiary/aromatic N) is 2. The average Bonchev–Trinajstić information content (AvgIpc) is 2.68. The van der Waals surface area contributed by atoms with Crippen LogP contribution in [0.1, 0.15) is 51.4 Å². The molecule has 0 atom stereocenters. The first-order chi connectivity index (χ1) is 8.29. The van der Waals surface area contributed by atoms with Crippen molar-refractivity contribution in [3.63, 3.8) is 0 Å². The highest BCUT2D eigenvalue weighted by Crippen LogP contribution is 2.31. The summed E-state index contributed by atoms with van der Waals surface area (Å²) in [5.74, 6) is 0. The van der Waals surface area contributed by atoms with E-state index in [9.17, 15) is 5.26 Å². The van der Waals surface area contributed by atoms with Crippen molar-refractivity contribution in [2.45, 2.75) is 62.9 Å². The van der Waals surface area contributed by atoms with E-state index in [1.165, 1.54) is 51.6 Å². The zero-order chi connectivity index (χ0) is 12.1. The van der Waals surface area contributed by atoms with Gasteiger partial charge in [0, 0.05) is 6.04 Å². The van der Waals surface area contributed by atoms with Crippen LogP contribution in [0.5, 0.6) is 0 Å². The summed E-state index contributed by atoms with van der Waals surface area (Å²) in [6.07, 6.45) is 9.95. The summed E-state index contributed by atoms with van der Waals surface area (Å²) < 4.78 is 0. The lowest BCUT2D eigenvalue weighted by molar-refractivity contribution is 0.134. The lowest BCUT2D eigenvalue weighted by Gasteiger charge is -2.39. The van der Waals surface area contributed by atoms with E-state index in [1.807, 2.05) is 7.05 Å². The van der Waals surface area contributed by atoms with Crippen LogP contribution in [0.15, 0.2) is 0 Å². The van der Waals surface area contributed by atoms with E-state index in [-0.39, 0.29) is 5.54 Å². The zero-order valence-corrected chi connectivity index (χ0v) is 11.0. The molecule has 0 unspecified atom stereocenters. The molecule has 1 aliphatic carbocycles. The normalized spacial score (nSPS) is 36.1. The van der Waals surface area contributed by atoms with Crippen molar-refractivity contribution in [3.8, 4) is 6.07 Å². The Morgan fingerprint density at radius 1 is 1.12 bits per heavy atom. The molecule has 3 heteroatoms. The van der Waals surface area contributed by atoms with Gasteiger partial charge in [-0.15, -0.1) is 0 Å². The highest BCUT2D eigenvalue weighted by molar-refractivity contribution is 5.09. The Morgan fingerprint density at radius 3 is 2.18 bits per heavy atom. The van der Waals surface area contributed by atoms with Crippen molar-refractivity contribution in [2.75, 3.05) is 20.1 Å². The van der Waals surface area contributed by atoms with Crippen LogP contribution in [0, 0.1) is 11.3 Å². The van der Waals surface area contributed by atoms with E-state index in [2.05, 4.69) is 16.3 Å². The van der Waals surface area contributed by atoms with Gasteiger partial charge < -0.3 is 10.2 Å². The van der Waals surface area contributed by atoms with Crippen LogP contribution in [0.2, 0.25) is 0 Å². The molecule has 3 nitrogen and oxygen atoms in total. The molecule has 0 bridgehead atoms. The number of nitriles is 1. The van der Waals surface area contributed by atoms with Crippen molar-refractivity contribution >= 4 is 0 Å². The van der Waals surface area contributed by atoms with Gasteiger partial charge >= 0.3 is 0 Å². The summed E-state index contributed by atoms with van der Waals surface area (Å²) in [7, 11) is 1.93. The van der Waals surface area contributed by atoms with E-state index >= 15 is 0 Å². The Labute approximate surface area is 105 Å². The molecule has 0 amide bonds. The number of hydrogen-bond donors (Lipinski definition) is 1. The SMILES string of the molecule is CNC1(C#N)CCC(N2CCCCCC2)CC1. The van der Waals surface area contributed by atoms with Gasteiger partial charge in [-0.25, -0.2) is 0 Å². The molecule has 1 aliphatic heterocycles. The van der Waals surface area contributed by atoms with Crippen LogP contribution in [0.3, 0.4) is 0 Å². The van der Waals surface area contributed by atoms with Gasteiger partial charge in [0.2, 0.25) is 0 Å². The van der Waals surface area contributed by atoms with Crippen molar-refractivity contribution in [1.82, 2.24) is 10.2 Å². The molecule has 2 rings (SSSR count). The van der Waals surface area contributed by atoms with Crippen LogP contribution < -0.4 is 5.32 Å². The molecule has 1 saturated carbocycles. The Balaban J connectivity index is 1.87. The van der Waals surface area contributed by atoms with Gasteiger partial charge in [0.1, 0.15) is 5.54 Å². The second-order valence-electron chi connectivity index (χ2n) is 5.63. The van der Waals surface area contributed by atoms with Crippen LogP contribution in [-0.2, 0) is 0 Å². The molecule has 0 aromatic heterocycles. The predicted octanol–water partition coefficient (Wildman–Crippen LogP) is 2.29. The molecule has 0 spiro atoms. The third-order valence-electron chi connectivity index (χ3n) is 4.66. The summed E-state index contributed by atoms with van der Waals surface area (Å²) in [6.45, 7) is 2.56. The minimum atomic E-state index is -0.234. The van der Waals surface area contributed by atoms with Crippen molar-refractivity contribution in [2.24, 2.45) is 0 Å². The molecule has 0 aromatic rings. The van der Waals surface area contributed by atoms with Gasteiger partial charge in [0.05, 0.1) is 6.07 Å². The van der Waals surface area contributed by atoms with Crippen LogP contribution >= 0.6 is 0 Å². The molecule has 0 aromatic carbocycles. The van der Waals surface area contributed by atoms with E-state index in [4.69, 9.17) is 0 Å². The van der Waals surface area contributed by atoms with Gasteiger partial charge in [-0.2, -0.15) is 5.26 Å². The average molecular weight is 235 g/mol. The lowest BCUT2D eigenvalue weighted by Crippen LogP contribution is -2.49. The third kappa shape index (κ3) is 3.00. The summed E-state index contributed by atoms with van der Waals surface area (Å²) in [6, 6.07) is 3.21. The monoisotopic (exact) mass is 235 g/mol. The first-order valence-corrected chi connectivity index (χ1v) is 7.14. The summed E-state index contributed by atoms with van der Waals surface area (Å²) >= 11 is 0. The minimum absolute atomic E-state index is 0.234. The molecule has 0 radical (unpaired) electrons.